The molecule has 132 valence electrons. The second kappa shape index (κ2) is 8.69. The van der Waals surface area contributed by atoms with Crippen molar-refractivity contribution in [3.63, 3.8) is 0 Å². The maximum Gasteiger partial charge on any atom is 0.260 e. The zero-order valence-electron chi connectivity index (χ0n) is 13.3. The van der Waals surface area contributed by atoms with Crippen LogP contribution in [0.5, 0.6) is 5.75 Å². The average Bonchev–Trinajstić information content (AvgIpc) is 2.57. The summed E-state index contributed by atoms with van der Waals surface area (Å²) in [6.45, 7) is -0.423. The highest BCUT2D eigenvalue weighted by Gasteiger charge is 2.14. The van der Waals surface area contributed by atoms with Crippen molar-refractivity contribution >= 4 is 40.7 Å². The van der Waals surface area contributed by atoms with Crippen molar-refractivity contribution in [3.8, 4) is 5.75 Å². The van der Waals surface area contributed by atoms with Gasteiger partial charge in [-0.15, -0.1) is 0 Å². The van der Waals surface area contributed by atoms with Gasteiger partial charge in [-0.3, -0.25) is 9.59 Å². The van der Waals surface area contributed by atoms with Crippen molar-refractivity contribution in [2.45, 2.75) is 0 Å². The van der Waals surface area contributed by atoms with Crippen LogP contribution in [0.25, 0.3) is 0 Å². The molecule has 0 saturated carbocycles. The van der Waals surface area contributed by atoms with E-state index in [1.165, 1.54) is 42.3 Å². The Balaban J connectivity index is 1.82. The topological polar surface area (TPSA) is 58.6 Å². The largest absolute Gasteiger partial charge is 0.484 e. The van der Waals surface area contributed by atoms with E-state index in [9.17, 15) is 14.0 Å². The predicted octanol–water partition coefficient (Wildman–Crippen LogP) is 3.61. The normalized spacial score (nSPS) is 10.2. The molecule has 0 heterocycles. The quantitative estimate of drug-likeness (QED) is 0.827. The van der Waals surface area contributed by atoms with E-state index in [4.69, 9.17) is 27.9 Å². The van der Waals surface area contributed by atoms with E-state index in [2.05, 4.69) is 5.32 Å². The summed E-state index contributed by atoms with van der Waals surface area (Å²) >= 11 is 11.7. The van der Waals surface area contributed by atoms with Crippen molar-refractivity contribution in [1.29, 1.82) is 0 Å². The molecule has 1 N–H and O–H groups in total. The number of nitrogens with zero attached hydrogens (tertiary/aromatic N) is 1. The van der Waals surface area contributed by atoms with E-state index in [0.717, 1.165) is 0 Å². The van der Waals surface area contributed by atoms with Crippen LogP contribution in [-0.4, -0.2) is 36.9 Å². The van der Waals surface area contributed by atoms with Crippen LogP contribution in [0, 0.1) is 5.82 Å². The average molecular weight is 385 g/mol. The molecule has 0 bridgehead atoms. The third-order valence-electron chi connectivity index (χ3n) is 3.19. The number of hydrogen-bond donors (Lipinski definition) is 1. The fourth-order valence-electron chi connectivity index (χ4n) is 1.86. The summed E-state index contributed by atoms with van der Waals surface area (Å²) in [7, 11) is 1.48. The van der Waals surface area contributed by atoms with Gasteiger partial charge in [0, 0.05) is 12.7 Å². The first kappa shape index (κ1) is 19.0. The minimum absolute atomic E-state index is 0.161. The van der Waals surface area contributed by atoms with Crippen LogP contribution >= 0.6 is 23.2 Å². The Labute approximate surface area is 154 Å². The van der Waals surface area contributed by atoms with Crippen molar-refractivity contribution in [2.24, 2.45) is 0 Å². The molecule has 5 nitrogen and oxygen atoms in total. The van der Waals surface area contributed by atoms with E-state index in [0.29, 0.717) is 21.5 Å². The molecule has 0 aliphatic rings. The maximum absolute atomic E-state index is 12.8. The molecule has 2 rings (SSSR count). The Morgan fingerprint density at radius 1 is 1.12 bits per heavy atom. The molecule has 0 aromatic heterocycles. The first-order chi connectivity index (χ1) is 11.8. The minimum atomic E-state index is -0.395. The molecule has 0 saturated heterocycles. The van der Waals surface area contributed by atoms with Gasteiger partial charge >= 0.3 is 0 Å². The first-order valence-corrected chi connectivity index (χ1v) is 7.98. The zero-order chi connectivity index (χ0) is 18.4. The lowest BCUT2D eigenvalue weighted by Gasteiger charge is -2.17. The fraction of sp³-hybridized carbons (Fsp3) is 0.176. The SMILES string of the molecule is CN(CC(=O)Nc1ccc(Cl)c(Cl)c1)C(=O)COc1ccc(F)cc1. The number of anilines is 1. The summed E-state index contributed by atoms with van der Waals surface area (Å²) in [5.41, 5.74) is 0.475. The zero-order valence-corrected chi connectivity index (χ0v) is 14.8. The number of benzene rings is 2. The first-order valence-electron chi connectivity index (χ1n) is 7.22. The Kier molecular flexibility index (Phi) is 6.61. The van der Waals surface area contributed by atoms with Crippen LogP contribution in [0.1, 0.15) is 0 Å². The van der Waals surface area contributed by atoms with Crippen molar-refractivity contribution in [1.82, 2.24) is 4.90 Å². The molecule has 0 fully saturated rings. The summed E-state index contributed by atoms with van der Waals surface area (Å²) in [5.74, 6) is -0.817. The monoisotopic (exact) mass is 384 g/mol. The number of carbonyl (C=O) groups excluding carboxylic acids is 2. The summed E-state index contributed by atoms with van der Waals surface area (Å²) in [6.07, 6.45) is 0. The number of ether oxygens (including phenoxy) is 1. The Morgan fingerprint density at radius 2 is 1.80 bits per heavy atom. The van der Waals surface area contributed by atoms with Gasteiger partial charge in [0.2, 0.25) is 5.91 Å². The lowest BCUT2D eigenvalue weighted by Crippen LogP contribution is -2.37. The molecule has 2 aromatic carbocycles. The summed E-state index contributed by atoms with van der Waals surface area (Å²) in [6, 6.07) is 9.97. The van der Waals surface area contributed by atoms with Crippen LogP contribution < -0.4 is 10.1 Å². The van der Waals surface area contributed by atoms with Gasteiger partial charge < -0.3 is 15.0 Å². The summed E-state index contributed by atoms with van der Waals surface area (Å²) < 4.78 is 18.0. The lowest BCUT2D eigenvalue weighted by molar-refractivity contribution is -0.135. The Bertz CT molecular complexity index is 769. The smallest absolute Gasteiger partial charge is 0.260 e. The van der Waals surface area contributed by atoms with Crippen molar-refractivity contribution in [3.05, 3.63) is 58.3 Å². The third-order valence-corrected chi connectivity index (χ3v) is 3.92. The standard InChI is InChI=1S/C17H15Cl2FN2O3/c1-22(17(24)10-25-13-5-2-11(20)3-6-13)9-16(23)21-12-4-7-14(18)15(19)8-12/h2-8H,9-10H2,1H3,(H,21,23). The molecular formula is C17H15Cl2FN2O3. The van der Waals surface area contributed by atoms with Crippen molar-refractivity contribution < 1.29 is 18.7 Å². The minimum Gasteiger partial charge on any atom is -0.484 e. The number of amides is 2. The molecule has 0 unspecified atom stereocenters. The number of rotatable bonds is 6. The van der Waals surface area contributed by atoms with Gasteiger partial charge in [0.05, 0.1) is 16.6 Å². The van der Waals surface area contributed by atoms with Gasteiger partial charge in [0.15, 0.2) is 6.61 Å². The highest BCUT2D eigenvalue weighted by Crippen LogP contribution is 2.24. The van der Waals surface area contributed by atoms with E-state index in [-0.39, 0.29) is 13.2 Å². The van der Waals surface area contributed by atoms with Crippen LogP contribution in [0.15, 0.2) is 42.5 Å². The van der Waals surface area contributed by atoms with E-state index < -0.39 is 17.6 Å². The molecule has 0 aliphatic carbocycles. The maximum atomic E-state index is 12.8. The second-order valence-corrected chi connectivity index (χ2v) is 5.98. The summed E-state index contributed by atoms with van der Waals surface area (Å²) in [5, 5.41) is 3.31. The van der Waals surface area contributed by atoms with Gasteiger partial charge in [-0.25, -0.2) is 4.39 Å². The van der Waals surface area contributed by atoms with Gasteiger partial charge in [0.25, 0.3) is 5.91 Å². The number of likely N-dealkylation sites (N-methyl/N-ethyl adjacent to an activating group) is 1. The summed E-state index contributed by atoms with van der Waals surface area (Å²) in [4.78, 5) is 25.2. The Hall–Kier alpha value is -2.31. The fourth-order valence-corrected chi connectivity index (χ4v) is 2.16. The van der Waals surface area contributed by atoms with Crippen LogP contribution in [0.3, 0.4) is 0 Å². The van der Waals surface area contributed by atoms with Crippen LogP contribution in [0.2, 0.25) is 10.0 Å². The van der Waals surface area contributed by atoms with Crippen molar-refractivity contribution in [2.75, 3.05) is 25.5 Å². The number of hydrogen-bond acceptors (Lipinski definition) is 3. The third kappa shape index (κ3) is 5.92. The van der Waals surface area contributed by atoms with Gasteiger partial charge in [-0.05, 0) is 42.5 Å². The predicted molar refractivity (Wildman–Crippen MR) is 94.6 cm³/mol. The van der Waals surface area contributed by atoms with E-state index in [1.807, 2.05) is 0 Å². The molecule has 0 aliphatic heterocycles. The van der Waals surface area contributed by atoms with Gasteiger partial charge in [-0.2, -0.15) is 0 Å². The number of halogens is 3. The lowest BCUT2D eigenvalue weighted by atomic mass is 10.3. The molecule has 0 spiro atoms. The van der Waals surface area contributed by atoms with Crippen LogP contribution in [0.4, 0.5) is 10.1 Å². The molecular weight excluding hydrogens is 370 g/mol. The van der Waals surface area contributed by atoms with Gasteiger partial charge in [0.1, 0.15) is 11.6 Å². The molecule has 2 aromatic rings. The van der Waals surface area contributed by atoms with E-state index in [1.54, 1.807) is 12.1 Å². The second-order valence-electron chi connectivity index (χ2n) is 5.17. The molecule has 8 heteroatoms. The molecule has 25 heavy (non-hydrogen) atoms. The molecule has 0 radical (unpaired) electrons. The highest BCUT2D eigenvalue weighted by atomic mass is 35.5. The Morgan fingerprint density at radius 3 is 2.44 bits per heavy atom. The highest BCUT2D eigenvalue weighted by molar-refractivity contribution is 6.42. The molecule has 0 atom stereocenters. The van der Waals surface area contributed by atoms with Gasteiger partial charge in [-0.1, -0.05) is 23.2 Å². The number of carbonyl (C=O) groups is 2. The van der Waals surface area contributed by atoms with E-state index >= 15 is 0 Å². The number of nitrogens with one attached hydrogen (secondary N) is 1. The van der Waals surface area contributed by atoms with Crippen LogP contribution in [-0.2, 0) is 9.59 Å². The molecule has 2 amide bonds.